The SMILES string of the molecule is Cc1ccc(CNC(=O)C(C)N2CCC(C(=O)Nc3ccccc3)CC2)cc1. The lowest BCUT2D eigenvalue weighted by molar-refractivity contribution is -0.127. The monoisotopic (exact) mass is 379 g/mol. The minimum Gasteiger partial charge on any atom is -0.351 e. The Balaban J connectivity index is 1.43. The Morgan fingerprint density at radius 3 is 2.32 bits per heavy atom. The second-order valence-electron chi connectivity index (χ2n) is 7.54. The summed E-state index contributed by atoms with van der Waals surface area (Å²) in [4.78, 5) is 27.1. The van der Waals surface area contributed by atoms with Crippen LogP contribution in [0.15, 0.2) is 54.6 Å². The number of rotatable bonds is 6. The third-order valence-electron chi connectivity index (χ3n) is 5.46. The smallest absolute Gasteiger partial charge is 0.237 e. The Morgan fingerprint density at radius 1 is 1.04 bits per heavy atom. The minimum atomic E-state index is -0.191. The summed E-state index contributed by atoms with van der Waals surface area (Å²) in [5, 5.41) is 6.01. The van der Waals surface area contributed by atoms with Gasteiger partial charge in [-0.15, -0.1) is 0 Å². The molecule has 1 aliphatic rings. The number of carbonyl (C=O) groups excluding carboxylic acids is 2. The molecule has 2 amide bonds. The first kappa shape index (κ1) is 20.1. The van der Waals surface area contributed by atoms with Gasteiger partial charge in [0, 0.05) is 18.2 Å². The number of carbonyl (C=O) groups is 2. The quantitative estimate of drug-likeness (QED) is 0.809. The van der Waals surface area contributed by atoms with Crippen molar-refractivity contribution < 1.29 is 9.59 Å². The molecular weight excluding hydrogens is 350 g/mol. The number of nitrogens with zero attached hydrogens (tertiary/aromatic N) is 1. The summed E-state index contributed by atoms with van der Waals surface area (Å²) >= 11 is 0. The Labute approximate surface area is 167 Å². The van der Waals surface area contributed by atoms with Gasteiger partial charge < -0.3 is 10.6 Å². The van der Waals surface area contributed by atoms with Crippen molar-refractivity contribution >= 4 is 17.5 Å². The number of piperidine rings is 1. The fourth-order valence-electron chi connectivity index (χ4n) is 3.52. The molecule has 2 aromatic carbocycles. The highest BCUT2D eigenvalue weighted by molar-refractivity contribution is 5.92. The van der Waals surface area contributed by atoms with Crippen LogP contribution in [-0.4, -0.2) is 35.8 Å². The summed E-state index contributed by atoms with van der Waals surface area (Å²) in [5.41, 5.74) is 3.14. The third kappa shape index (κ3) is 5.42. The van der Waals surface area contributed by atoms with Crippen LogP contribution in [0.4, 0.5) is 5.69 Å². The summed E-state index contributed by atoms with van der Waals surface area (Å²) in [7, 11) is 0. The Morgan fingerprint density at radius 2 is 1.68 bits per heavy atom. The third-order valence-corrected chi connectivity index (χ3v) is 5.46. The van der Waals surface area contributed by atoms with Crippen molar-refractivity contribution in [3.05, 3.63) is 65.7 Å². The molecule has 0 aliphatic carbocycles. The Bertz CT molecular complexity index is 781. The molecule has 28 heavy (non-hydrogen) atoms. The van der Waals surface area contributed by atoms with Crippen LogP contribution in [0.1, 0.15) is 30.9 Å². The Hall–Kier alpha value is -2.66. The molecule has 0 bridgehead atoms. The van der Waals surface area contributed by atoms with Gasteiger partial charge in [-0.1, -0.05) is 48.0 Å². The van der Waals surface area contributed by atoms with Gasteiger partial charge in [0.05, 0.1) is 6.04 Å². The first-order chi connectivity index (χ1) is 13.5. The molecule has 1 heterocycles. The highest BCUT2D eigenvalue weighted by atomic mass is 16.2. The van der Waals surface area contributed by atoms with E-state index in [1.54, 1.807) is 0 Å². The van der Waals surface area contributed by atoms with Crippen LogP contribution in [0.5, 0.6) is 0 Å². The van der Waals surface area contributed by atoms with E-state index >= 15 is 0 Å². The molecule has 148 valence electrons. The molecule has 5 nitrogen and oxygen atoms in total. The second kappa shape index (κ2) is 9.51. The fourth-order valence-corrected chi connectivity index (χ4v) is 3.52. The van der Waals surface area contributed by atoms with Crippen molar-refractivity contribution in [2.24, 2.45) is 5.92 Å². The molecule has 1 fully saturated rings. The summed E-state index contributed by atoms with van der Waals surface area (Å²) in [6.07, 6.45) is 1.54. The van der Waals surface area contributed by atoms with E-state index < -0.39 is 0 Å². The fraction of sp³-hybridized carbons (Fsp3) is 0.391. The standard InChI is InChI=1S/C23H29N3O2/c1-17-8-10-19(11-9-17)16-24-22(27)18(2)26-14-12-20(13-15-26)23(28)25-21-6-4-3-5-7-21/h3-11,18,20H,12-16H2,1-2H3,(H,24,27)(H,25,28). The van der Waals surface area contributed by atoms with Gasteiger partial charge in [-0.25, -0.2) is 0 Å². The zero-order valence-corrected chi connectivity index (χ0v) is 16.7. The minimum absolute atomic E-state index is 0.000671. The van der Waals surface area contributed by atoms with Crippen molar-refractivity contribution in [1.29, 1.82) is 0 Å². The van der Waals surface area contributed by atoms with Crippen LogP contribution in [0.3, 0.4) is 0 Å². The van der Waals surface area contributed by atoms with Gasteiger partial charge >= 0.3 is 0 Å². The second-order valence-corrected chi connectivity index (χ2v) is 7.54. The number of para-hydroxylation sites is 1. The Kier molecular flexibility index (Phi) is 6.82. The molecule has 0 radical (unpaired) electrons. The average molecular weight is 380 g/mol. The first-order valence-electron chi connectivity index (χ1n) is 9.96. The summed E-state index contributed by atoms with van der Waals surface area (Å²) in [6, 6.07) is 17.5. The van der Waals surface area contributed by atoms with Crippen molar-refractivity contribution in [3.63, 3.8) is 0 Å². The summed E-state index contributed by atoms with van der Waals surface area (Å²) < 4.78 is 0. The number of hydrogen-bond donors (Lipinski definition) is 2. The molecule has 1 aliphatic heterocycles. The molecule has 1 atom stereocenters. The van der Waals surface area contributed by atoms with Gasteiger partial charge in [-0.2, -0.15) is 0 Å². The largest absolute Gasteiger partial charge is 0.351 e. The van der Waals surface area contributed by atoms with Crippen LogP contribution in [0, 0.1) is 12.8 Å². The topological polar surface area (TPSA) is 61.4 Å². The van der Waals surface area contributed by atoms with Crippen LogP contribution in [-0.2, 0) is 16.1 Å². The summed E-state index contributed by atoms with van der Waals surface area (Å²) in [6.45, 7) is 6.04. The molecule has 2 N–H and O–H groups in total. The van der Waals surface area contributed by atoms with E-state index in [4.69, 9.17) is 0 Å². The molecule has 1 saturated heterocycles. The van der Waals surface area contributed by atoms with E-state index in [1.165, 1.54) is 5.56 Å². The van der Waals surface area contributed by atoms with Crippen LogP contribution in [0.25, 0.3) is 0 Å². The molecule has 0 spiro atoms. The van der Waals surface area contributed by atoms with E-state index in [0.717, 1.165) is 37.2 Å². The number of nitrogens with one attached hydrogen (secondary N) is 2. The average Bonchev–Trinajstić information content (AvgIpc) is 2.73. The normalized spacial score (nSPS) is 16.4. The predicted molar refractivity (Wildman–Crippen MR) is 112 cm³/mol. The highest BCUT2D eigenvalue weighted by Crippen LogP contribution is 2.21. The molecule has 1 unspecified atom stereocenters. The van der Waals surface area contributed by atoms with Crippen molar-refractivity contribution in [3.8, 4) is 0 Å². The molecule has 2 aromatic rings. The van der Waals surface area contributed by atoms with Gasteiger partial charge in [0.15, 0.2) is 0 Å². The van der Waals surface area contributed by atoms with Crippen LogP contribution < -0.4 is 10.6 Å². The molecule has 3 rings (SSSR count). The molecule has 5 heteroatoms. The summed E-state index contributed by atoms with van der Waals surface area (Å²) in [5.74, 6) is 0.106. The van der Waals surface area contributed by atoms with E-state index in [2.05, 4.69) is 27.7 Å². The number of aryl methyl sites for hydroxylation is 1. The number of anilines is 1. The van der Waals surface area contributed by atoms with Crippen molar-refractivity contribution in [2.75, 3.05) is 18.4 Å². The van der Waals surface area contributed by atoms with Crippen molar-refractivity contribution in [1.82, 2.24) is 10.2 Å². The van der Waals surface area contributed by atoms with Gasteiger partial charge in [0.1, 0.15) is 0 Å². The number of hydrogen-bond acceptors (Lipinski definition) is 3. The number of amides is 2. The van der Waals surface area contributed by atoms with Gasteiger partial charge in [0.2, 0.25) is 11.8 Å². The van der Waals surface area contributed by atoms with Gasteiger partial charge in [0.25, 0.3) is 0 Å². The van der Waals surface area contributed by atoms with Gasteiger partial charge in [-0.05, 0) is 57.5 Å². The zero-order chi connectivity index (χ0) is 19.9. The number of benzene rings is 2. The zero-order valence-electron chi connectivity index (χ0n) is 16.7. The molecule has 0 saturated carbocycles. The van der Waals surface area contributed by atoms with Crippen LogP contribution >= 0.6 is 0 Å². The lowest BCUT2D eigenvalue weighted by atomic mass is 9.94. The first-order valence-corrected chi connectivity index (χ1v) is 9.96. The lowest BCUT2D eigenvalue weighted by Crippen LogP contribution is -2.49. The van der Waals surface area contributed by atoms with E-state index in [9.17, 15) is 9.59 Å². The maximum atomic E-state index is 12.5. The van der Waals surface area contributed by atoms with E-state index in [1.807, 2.05) is 56.3 Å². The molecular formula is C23H29N3O2. The molecule has 0 aromatic heterocycles. The maximum absolute atomic E-state index is 12.5. The number of likely N-dealkylation sites (tertiary alicyclic amines) is 1. The van der Waals surface area contributed by atoms with Crippen molar-refractivity contribution in [2.45, 2.75) is 39.3 Å². The van der Waals surface area contributed by atoms with Gasteiger partial charge in [-0.3, -0.25) is 14.5 Å². The van der Waals surface area contributed by atoms with E-state index in [0.29, 0.717) is 6.54 Å². The van der Waals surface area contributed by atoms with Crippen LogP contribution in [0.2, 0.25) is 0 Å². The highest BCUT2D eigenvalue weighted by Gasteiger charge is 2.29. The maximum Gasteiger partial charge on any atom is 0.237 e. The van der Waals surface area contributed by atoms with E-state index in [-0.39, 0.29) is 23.8 Å². The predicted octanol–water partition coefficient (Wildman–Crippen LogP) is 3.35. The lowest BCUT2D eigenvalue weighted by Gasteiger charge is -2.34.